The van der Waals surface area contributed by atoms with Gasteiger partial charge in [0.25, 0.3) is 0 Å². The third-order valence-electron chi connectivity index (χ3n) is 5.16. The van der Waals surface area contributed by atoms with Crippen LogP contribution in [-0.4, -0.2) is 48.5 Å². The minimum atomic E-state index is 0.0600. The standard InChI is InChI=1S/C21H24N2O2/c24-21(23-11-10-17-6-4-5-9-19(17)14-23)16-22-12-13-25-20(15-22)18-7-2-1-3-8-18/h1-9,20H,10-16H2. The van der Waals surface area contributed by atoms with Crippen molar-refractivity contribution in [2.45, 2.75) is 19.1 Å². The van der Waals surface area contributed by atoms with E-state index in [4.69, 9.17) is 4.74 Å². The molecule has 1 saturated heterocycles. The van der Waals surface area contributed by atoms with E-state index < -0.39 is 0 Å². The lowest BCUT2D eigenvalue weighted by atomic mass is 10.00. The molecule has 0 saturated carbocycles. The fourth-order valence-electron chi connectivity index (χ4n) is 3.72. The van der Waals surface area contributed by atoms with Crippen molar-refractivity contribution in [2.75, 3.05) is 32.8 Å². The fourth-order valence-corrected chi connectivity index (χ4v) is 3.72. The van der Waals surface area contributed by atoms with E-state index in [1.165, 1.54) is 16.7 Å². The van der Waals surface area contributed by atoms with E-state index in [1.807, 2.05) is 23.1 Å². The van der Waals surface area contributed by atoms with E-state index in [-0.39, 0.29) is 12.0 Å². The van der Waals surface area contributed by atoms with Crippen LogP contribution >= 0.6 is 0 Å². The smallest absolute Gasteiger partial charge is 0.237 e. The van der Waals surface area contributed by atoms with Gasteiger partial charge in [0.2, 0.25) is 5.91 Å². The molecule has 2 heterocycles. The molecule has 0 radical (unpaired) electrons. The van der Waals surface area contributed by atoms with Crippen LogP contribution in [0.15, 0.2) is 54.6 Å². The van der Waals surface area contributed by atoms with E-state index in [0.29, 0.717) is 13.2 Å². The Hall–Kier alpha value is -2.17. The zero-order chi connectivity index (χ0) is 17.1. The molecule has 130 valence electrons. The molecule has 0 spiro atoms. The van der Waals surface area contributed by atoms with Gasteiger partial charge in [-0.05, 0) is 23.1 Å². The van der Waals surface area contributed by atoms with Gasteiger partial charge in [-0.3, -0.25) is 9.69 Å². The van der Waals surface area contributed by atoms with E-state index in [0.717, 1.165) is 32.6 Å². The predicted octanol–water partition coefficient (Wildman–Crippen LogP) is 2.64. The number of hydrogen-bond donors (Lipinski definition) is 0. The summed E-state index contributed by atoms with van der Waals surface area (Å²) in [6, 6.07) is 18.7. The van der Waals surface area contributed by atoms with Crippen LogP contribution in [0, 0.1) is 0 Å². The summed E-state index contributed by atoms with van der Waals surface area (Å²) in [5, 5.41) is 0. The minimum absolute atomic E-state index is 0.0600. The molecule has 0 bridgehead atoms. The van der Waals surface area contributed by atoms with Crippen molar-refractivity contribution in [1.29, 1.82) is 0 Å². The Labute approximate surface area is 149 Å². The number of carbonyl (C=O) groups is 1. The first-order valence-corrected chi connectivity index (χ1v) is 9.03. The number of rotatable bonds is 3. The normalized spacial score (nSPS) is 21.0. The molecule has 1 amide bonds. The second-order valence-corrected chi connectivity index (χ2v) is 6.84. The summed E-state index contributed by atoms with van der Waals surface area (Å²) in [4.78, 5) is 17.0. The number of fused-ring (bicyclic) bond motifs is 1. The van der Waals surface area contributed by atoms with E-state index in [1.54, 1.807) is 0 Å². The highest BCUT2D eigenvalue weighted by Gasteiger charge is 2.26. The molecule has 2 aliphatic heterocycles. The summed E-state index contributed by atoms with van der Waals surface area (Å²) in [5.74, 6) is 0.225. The van der Waals surface area contributed by atoms with Crippen molar-refractivity contribution >= 4 is 5.91 Å². The van der Waals surface area contributed by atoms with Gasteiger partial charge < -0.3 is 9.64 Å². The third kappa shape index (κ3) is 3.75. The maximum absolute atomic E-state index is 12.8. The number of hydrogen-bond acceptors (Lipinski definition) is 3. The van der Waals surface area contributed by atoms with Gasteiger partial charge in [-0.15, -0.1) is 0 Å². The summed E-state index contributed by atoms with van der Waals surface area (Å²) in [5.41, 5.74) is 3.85. The topological polar surface area (TPSA) is 32.8 Å². The van der Waals surface area contributed by atoms with Crippen LogP contribution < -0.4 is 0 Å². The Morgan fingerprint density at radius 1 is 1.00 bits per heavy atom. The van der Waals surface area contributed by atoms with Crippen LogP contribution in [-0.2, 0) is 22.5 Å². The number of morpholine rings is 1. The van der Waals surface area contributed by atoms with Crippen LogP contribution in [0.3, 0.4) is 0 Å². The predicted molar refractivity (Wildman–Crippen MR) is 97.1 cm³/mol. The maximum Gasteiger partial charge on any atom is 0.237 e. The molecule has 4 heteroatoms. The van der Waals surface area contributed by atoms with Crippen LogP contribution in [0.1, 0.15) is 22.8 Å². The molecule has 4 rings (SSSR count). The van der Waals surface area contributed by atoms with Crippen molar-refractivity contribution in [3.63, 3.8) is 0 Å². The van der Waals surface area contributed by atoms with Gasteiger partial charge >= 0.3 is 0 Å². The Kier molecular flexibility index (Phi) is 4.81. The summed E-state index contributed by atoms with van der Waals surface area (Å²) < 4.78 is 5.90. The van der Waals surface area contributed by atoms with Gasteiger partial charge in [-0.25, -0.2) is 0 Å². The number of benzene rings is 2. The van der Waals surface area contributed by atoms with Gasteiger partial charge in [-0.2, -0.15) is 0 Å². The zero-order valence-electron chi connectivity index (χ0n) is 14.4. The molecule has 1 unspecified atom stereocenters. The van der Waals surface area contributed by atoms with Gasteiger partial charge in [-0.1, -0.05) is 54.6 Å². The number of ether oxygens (including phenoxy) is 1. The molecule has 0 aromatic heterocycles. The Balaban J connectivity index is 1.36. The first-order chi connectivity index (χ1) is 12.3. The Morgan fingerprint density at radius 3 is 2.60 bits per heavy atom. The summed E-state index contributed by atoms with van der Waals surface area (Å²) >= 11 is 0. The van der Waals surface area contributed by atoms with Crippen molar-refractivity contribution in [3.05, 3.63) is 71.3 Å². The second kappa shape index (κ2) is 7.38. The molecule has 25 heavy (non-hydrogen) atoms. The zero-order valence-corrected chi connectivity index (χ0v) is 14.4. The van der Waals surface area contributed by atoms with Crippen LogP contribution in [0.4, 0.5) is 0 Å². The lowest BCUT2D eigenvalue weighted by Gasteiger charge is -2.35. The molecule has 0 N–H and O–H groups in total. The quantitative estimate of drug-likeness (QED) is 0.864. The average molecular weight is 336 g/mol. The van der Waals surface area contributed by atoms with Gasteiger partial charge in [0, 0.05) is 26.2 Å². The van der Waals surface area contributed by atoms with Gasteiger partial charge in [0.05, 0.1) is 19.3 Å². The monoisotopic (exact) mass is 336 g/mol. The largest absolute Gasteiger partial charge is 0.371 e. The summed E-state index contributed by atoms with van der Waals surface area (Å²) in [7, 11) is 0. The summed E-state index contributed by atoms with van der Waals surface area (Å²) in [6.07, 6.45) is 1.02. The molecule has 2 aromatic carbocycles. The van der Waals surface area contributed by atoms with Crippen LogP contribution in [0.25, 0.3) is 0 Å². The average Bonchev–Trinajstić information content (AvgIpc) is 2.68. The van der Waals surface area contributed by atoms with Crippen molar-refractivity contribution in [1.82, 2.24) is 9.80 Å². The highest BCUT2D eigenvalue weighted by atomic mass is 16.5. The first kappa shape index (κ1) is 16.3. The van der Waals surface area contributed by atoms with E-state index >= 15 is 0 Å². The molecule has 4 nitrogen and oxygen atoms in total. The molecule has 2 aliphatic rings. The van der Waals surface area contributed by atoms with Crippen molar-refractivity contribution in [2.24, 2.45) is 0 Å². The molecular formula is C21H24N2O2. The lowest BCUT2D eigenvalue weighted by molar-refractivity contribution is -0.135. The van der Waals surface area contributed by atoms with Crippen LogP contribution in [0.2, 0.25) is 0 Å². The second-order valence-electron chi connectivity index (χ2n) is 6.84. The number of amides is 1. The molecule has 1 fully saturated rings. The fraction of sp³-hybridized carbons (Fsp3) is 0.381. The maximum atomic E-state index is 12.8. The third-order valence-corrected chi connectivity index (χ3v) is 5.16. The molecular weight excluding hydrogens is 312 g/mol. The van der Waals surface area contributed by atoms with Gasteiger partial charge in [0.15, 0.2) is 0 Å². The Bertz CT molecular complexity index is 732. The molecule has 0 aliphatic carbocycles. The Morgan fingerprint density at radius 2 is 1.76 bits per heavy atom. The van der Waals surface area contributed by atoms with Crippen molar-refractivity contribution in [3.8, 4) is 0 Å². The number of nitrogens with zero attached hydrogens (tertiary/aromatic N) is 2. The summed E-state index contributed by atoms with van der Waals surface area (Å²) in [6.45, 7) is 4.31. The van der Waals surface area contributed by atoms with E-state index in [2.05, 4.69) is 41.3 Å². The highest BCUT2D eigenvalue weighted by molar-refractivity contribution is 5.78. The number of carbonyl (C=O) groups excluding carboxylic acids is 1. The van der Waals surface area contributed by atoms with Crippen LogP contribution in [0.5, 0.6) is 0 Å². The van der Waals surface area contributed by atoms with Gasteiger partial charge in [0.1, 0.15) is 0 Å². The minimum Gasteiger partial charge on any atom is -0.371 e. The molecule has 2 aromatic rings. The first-order valence-electron chi connectivity index (χ1n) is 9.03. The van der Waals surface area contributed by atoms with Crippen molar-refractivity contribution < 1.29 is 9.53 Å². The SMILES string of the molecule is O=C(CN1CCOC(c2ccccc2)C1)N1CCc2ccccc2C1. The molecule has 1 atom stereocenters. The highest BCUT2D eigenvalue weighted by Crippen LogP contribution is 2.23. The van der Waals surface area contributed by atoms with E-state index in [9.17, 15) is 4.79 Å². The lowest BCUT2D eigenvalue weighted by Crippen LogP contribution is -2.46.